The molecule has 0 bridgehead atoms. The highest BCUT2D eigenvalue weighted by Gasteiger charge is 2.40. The van der Waals surface area contributed by atoms with Crippen LogP contribution in [-0.4, -0.2) is 49.6 Å². The van der Waals surface area contributed by atoms with Gasteiger partial charge in [-0.1, -0.05) is 11.6 Å². The first kappa shape index (κ1) is 25.7. The molecule has 0 radical (unpaired) electrons. The number of halogens is 4. The summed E-state index contributed by atoms with van der Waals surface area (Å²) < 4.78 is 47.9. The molecule has 1 amide bonds. The minimum atomic E-state index is -4.77. The standard InChI is InChI=1S/C23H21ClF3N5O3S/c1-13(33)22(2,3)32(7-5-28-21-29-6-9-36-21)20(34)17-18(24)31-11-15(14-4-8-35-12-14)10-16(19(31)30-17)23(25,26)27/h4,6,8-12H,5,7H2,1-3H3,(H,28,29). The van der Waals surface area contributed by atoms with Crippen LogP contribution in [0, 0.1) is 0 Å². The van der Waals surface area contributed by atoms with Crippen molar-refractivity contribution in [2.45, 2.75) is 32.5 Å². The Balaban J connectivity index is 1.78. The molecule has 0 atom stereocenters. The lowest BCUT2D eigenvalue weighted by molar-refractivity contribution is -0.136. The summed E-state index contributed by atoms with van der Waals surface area (Å²) in [6, 6.07) is 2.43. The summed E-state index contributed by atoms with van der Waals surface area (Å²) in [6.45, 7) is 4.72. The number of nitrogens with zero attached hydrogens (tertiary/aromatic N) is 4. The van der Waals surface area contributed by atoms with Gasteiger partial charge < -0.3 is 14.6 Å². The van der Waals surface area contributed by atoms with Gasteiger partial charge in [-0.25, -0.2) is 9.97 Å². The van der Waals surface area contributed by atoms with E-state index in [9.17, 15) is 22.8 Å². The summed E-state index contributed by atoms with van der Waals surface area (Å²) in [7, 11) is 0. The van der Waals surface area contributed by atoms with Gasteiger partial charge in [0.2, 0.25) is 0 Å². The Labute approximate surface area is 212 Å². The quantitative estimate of drug-likeness (QED) is 0.311. The minimum absolute atomic E-state index is 0.0432. The van der Waals surface area contributed by atoms with Gasteiger partial charge in [0.1, 0.15) is 5.15 Å². The second-order valence-corrected chi connectivity index (χ2v) is 9.69. The van der Waals surface area contributed by atoms with Crippen molar-refractivity contribution in [1.82, 2.24) is 19.3 Å². The summed E-state index contributed by atoms with van der Waals surface area (Å²) in [5.41, 5.74) is -2.69. The first-order valence-corrected chi connectivity index (χ1v) is 11.9. The molecule has 0 saturated heterocycles. The number of ketones is 1. The summed E-state index contributed by atoms with van der Waals surface area (Å²) >= 11 is 7.81. The first-order valence-electron chi connectivity index (χ1n) is 10.7. The molecule has 0 fully saturated rings. The molecule has 13 heteroatoms. The average Bonchev–Trinajstić information content (AvgIpc) is 3.57. The zero-order valence-electron chi connectivity index (χ0n) is 19.4. The Kier molecular flexibility index (Phi) is 6.84. The van der Waals surface area contributed by atoms with Crippen molar-refractivity contribution in [3.05, 3.63) is 58.8 Å². The van der Waals surface area contributed by atoms with Crippen molar-refractivity contribution >= 4 is 45.4 Å². The van der Waals surface area contributed by atoms with E-state index in [1.54, 1.807) is 25.4 Å². The maximum absolute atomic E-state index is 14.0. The van der Waals surface area contributed by atoms with Crippen LogP contribution in [0.3, 0.4) is 0 Å². The average molecular weight is 540 g/mol. The van der Waals surface area contributed by atoms with E-state index in [4.69, 9.17) is 16.0 Å². The Morgan fingerprint density at radius 3 is 2.61 bits per heavy atom. The number of alkyl halides is 3. The lowest BCUT2D eigenvalue weighted by atomic mass is 9.97. The molecule has 0 spiro atoms. The zero-order chi connectivity index (χ0) is 26.3. The van der Waals surface area contributed by atoms with Crippen LogP contribution in [0.4, 0.5) is 18.3 Å². The predicted molar refractivity (Wildman–Crippen MR) is 129 cm³/mol. The summed E-state index contributed by atoms with van der Waals surface area (Å²) in [6.07, 6.45) is 0.823. The maximum atomic E-state index is 14.0. The summed E-state index contributed by atoms with van der Waals surface area (Å²) in [5.74, 6) is -1.09. The molecule has 4 rings (SSSR count). The van der Waals surface area contributed by atoms with Crippen molar-refractivity contribution in [2.24, 2.45) is 0 Å². The van der Waals surface area contributed by atoms with Crippen LogP contribution >= 0.6 is 22.9 Å². The number of furan rings is 1. The molecule has 4 aromatic heterocycles. The smallest absolute Gasteiger partial charge is 0.420 e. The molecule has 1 N–H and O–H groups in total. The fourth-order valence-corrected chi connectivity index (χ4v) is 4.40. The van der Waals surface area contributed by atoms with Crippen LogP contribution in [0.2, 0.25) is 5.15 Å². The Bertz CT molecular complexity index is 1400. The van der Waals surface area contributed by atoms with Gasteiger partial charge in [-0.15, -0.1) is 11.3 Å². The highest BCUT2D eigenvalue weighted by atomic mass is 35.5. The van der Waals surface area contributed by atoms with E-state index in [0.717, 1.165) is 10.5 Å². The third kappa shape index (κ3) is 4.82. The van der Waals surface area contributed by atoms with Crippen molar-refractivity contribution in [1.29, 1.82) is 0 Å². The predicted octanol–water partition coefficient (Wildman–Crippen LogP) is 5.64. The number of carbonyl (C=O) groups excluding carboxylic acids is 2. The van der Waals surface area contributed by atoms with E-state index in [2.05, 4.69) is 15.3 Å². The summed E-state index contributed by atoms with van der Waals surface area (Å²) in [5, 5.41) is 5.14. The van der Waals surface area contributed by atoms with E-state index in [1.165, 1.54) is 47.9 Å². The van der Waals surface area contributed by atoms with Crippen LogP contribution < -0.4 is 5.32 Å². The maximum Gasteiger partial charge on any atom is 0.420 e. The molecular formula is C23H21ClF3N5O3S. The molecule has 0 aliphatic rings. The monoisotopic (exact) mass is 539 g/mol. The number of fused-ring (bicyclic) bond motifs is 1. The number of amides is 1. The molecule has 0 aromatic carbocycles. The lowest BCUT2D eigenvalue weighted by Crippen LogP contribution is -2.53. The molecule has 4 heterocycles. The van der Waals surface area contributed by atoms with Crippen molar-refractivity contribution in [3.63, 3.8) is 0 Å². The van der Waals surface area contributed by atoms with E-state index >= 15 is 0 Å². The van der Waals surface area contributed by atoms with Crippen molar-refractivity contribution < 1.29 is 27.2 Å². The molecular weight excluding hydrogens is 519 g/mol. The van der Waals surface area contributed by atoms with Crippen molar-refractivity contribution in [2.75, 3.05) is 18.4 Å². The molecule has 0 aliphatic heterocycles. The van der Waals surface area contributed by atoms with Gasteiger partial charge in [0, 0.05) is 42.0 Å². The summed E-state index contributed by atoms with van der Waals surface area (Å²) in [4.78, 5) is 35.4. The topological polar surface area (TPSA) is 92.7 Å². The molecule has 0 aliphatic carbocycles. The number of Topliss-reactive ketones (excluding diaryl/α,β-unsaturated/α-hetero) is 1. The fourth-order valence-electron chi connectivity index (χ4n) is 3.59. The number of pyridine rings is 1. The van der Waals surface area contributed by atoms with Gasteiger partial charge in [0.25, 0.3) is 5.91 Å². The van der Waals surface area contributed by atoms with Gasteiger partial charge in [0.05, 0.1) is 23.6 Å². The third-order valence-corrected chi connectivity index (χ3v) is 6.94. The number of hydrogen-bond acceptors (Lipinski definition) is 7. The Hall–Kier alpha value is -3.38. The first-order chi connectivity index (χ1) is 16.9. The Morgan fingerprint density at radius 1 is 1.28 bits per heavy atom. The van der Waals surface area contributed by atoms with E-state index in [0.29, 0.717) is 10.7 Å². The molecule has 0 unspecified atom stereocenters. The number of rotatable bonds is 8. The molecule has 0 saturated carbocycles. The number of aromatic nitrogens is 3. The van der Waals surface area contributed by atoms with Gasteiger partial charge in [-0.2, -0.15) is 13.2 Å². The molecule has 190 valence electrons. The second kappa shape index (κ2) is 9.58. The van der Waals surface area contributed by atoms with Gasteiger partial charge in [-0.3, -0.25) is 14.0 Å². The largest absolute Gasteiger partial charge is 0.472 e. The molecule has 36 heavy (non-hydrogen) atoms. The van der Waals surface area contributed by atoms with Crippen LogP contribution in [0.15, 0.2) is 46.8 Å². The van der Waals surface area contributed by atoms with Crippen molar-refractivity contribution in [3.8, 4) is 11.1 Å². The highest BCUT2D eigenvalue weighted by molar-refractivity contribution is 7.13. The van der Waals surface area contributed by atoms with Crippen LogP contribution in [0.5, 0.6) is 0 Å². The number of imidazole rings is 1. The van der Waals surface area contributed by atoms with Gasteiger partial charge in [-0.05, 0) is 32.9 Å². The van der Waals surface area contributed by atoms with Gasteiger partial charge in [0.15, 0.2) is 22.3 Å². The molecule has 8 nitrogen and oxygen atoms in total. The SMILES string of the molecule is CC(=O)C(C)(C)N(CCNc1nccs1)C(=O)c1nc2c(C(F)(F)F)cc(-c3ccoc3)cn2c1Cl. The Morgan fingerprint density at radius 2 is 2.03 bits per heavy atom. The van der Waals surface area contributed by atoms with Gasteiger partial charge >= 0.3 is 6.18 Å². The third-order valence-electron chi connectivity index (χ3n) is 5.85. The lowest BCUT2D eigenvalue weighted by Gasteiger charge is -2.36. The number of anilines is 1. The fraction of sp³-hybridized carbons (Fsp3) is 0.304. The minimum Gasteiger partial charge on any atom is -0.472 e. The van der Waals surface area contributed by atoms with E-state index in [-0.39, 0.29) is 29.6 Å². The normalized spacial score (nSPS) is 12.2. The number of carbonyl (C=O) groups is 2. The van der Waals surface area contributed by atoms with E-state index < -0.39 is 34.5 Å². The van der Waals surface area contributed by atoms with Crippen LogP contribution in [-0.2, 0) is 11.0 Å². The second-order valence-electron chi connectivity index (χ2n) is 8.43. The molecule has 4 aromatic rings. The van der Waals surface area contributed by atoms with Crippen LogP contribution in [0.25, 0.3) is 16.8 Å². The number of hydrogen-bond donors (Lipinski definition) is 1. The highest BCUT2D eigenvalue weighted by Crippen LogP contribution is 2.37. The van der Waals surface area contributed by atoms with Crippen LogP contribution in [0.1, 0.15) is 36.8 Å². The number of thiazole rings is 1. The van der Waals surface area contributed by atoms with E-state index in [1.807, 2.05) is 0 Å². The number of nitrogens with one attached hydrogen (secondary N) is 1. The zero-order valence-corrected chi connectivity index (χ0v) is 21.0.